The highest BCUT2D eigenvalue weighted by Crippen LogP contribution is 2.23. The SMILES string of the molecule is CC(C)(Cc1ccccc1)NC(=O)[C@@H]1CCCN(Cc2ccccc2Cl)C1. The summed E-state index contributed by atoms with van der Waals surface area (Å²) in [5, 5.41) is 4.08. The van der Waals surface area contributed by atoms with E-state index < -0.39 is 0 Å². The molecule has 3 rings (SSSR count). The molecule has 1 aliphatic heterocycles. The summed E-state index contributed by atoms with van der Waals surface area (Å²) in [6.07, 6.45) is 2.82. The maximum atomic E-state index is 12.9. The first-order valence-electron chi connectivity index (χ1n) is 9.75. The van der Waals surface area contributed by atoms with Gasteiger partial charge in [-0.15, -0.1) is 0 Å². The van der Waals surface area contributed by atoms with Crippen molar-refractivity contribution >= 4 is 17.5 Å². The molecule has 0 radical (unpaired) electrons. The number of piperidine rings is 1. The van der Waals surface area contributed by atoms with E-state index in [4.69, 9.17) is 11.6 Å². The Morgan fingerprint density at radius 1 is 1.15 bits per heavy atom. The summed E-state index contributed by atoms with van der Waals surface area (Å²) >= 11 is 6.30. The van der Waals surface area contributed by atoms with Crippen molar-refractivity contribution in [3.05, 3.63) is 70.7 Å². The van der Waals surface area contributed by atoms with E-state index >= 15 is 0 Å². The number of carbonyl (C=O) groups excluding carboxylic acids is 1. The van der Waals surface area contributed by atoms with Gasteiger partial charge in [0.15, 0.2) is 0 Å². The molecule has 0 unspecified atom stereocenters. The Bertz CT molecular complexity index is 760. The van der Waals surface area contributed by atoms with E-state index in [0.29, 0.717) is 0 Å². The highest BCUT2D eigenvalue weighted by atomic mass is 35.5. The van der Waals surface area contributed by atoms with E-state index in [9.17, 15) is 4.79 Å². The van der Waals surface area contributed by atoms with Crippen LogP contribution in [0, 0.1) is 5.92 Å². The first kappa shape index (κ1) is 19.9. The minimum Gasteiger partial charge on any atom is -0.351 e. The third kappa shape index (κ3) is 5.82. The van der Waals surface area contributed by atoms with Gasteiger partial charge in [-0.1, -0.05) is 60.1 Å². The normalized spacial score (nSPS) is 18.3. The third-order valence-electron chi connectivity index (χ3n) is 5.18. The lowest BCUT2D eigenvalue weighted by molar-refractivity contribution is -0.128. The van der Waals surface area contributed by atoms with Gasteiger partial charge < -0.3 is 5.32 Å². The molecule has 1 aliphatic rings. The van der Waals surface area contributed by atoms with Crippen LogP contribution >= 0.6 is 11.6 Å². The van der Waals surface area contributed by atoms with Gasteiger partial charge in [0.2, 0.25) is 5.91 Å². The number of rotatable bonds is 6. The number of benzene rings is 2. The van der Waals surface area contributed by atoms with E-state index in [0.717, 1.165) is 49.5 Å². The smallest absolute Gasteiger partial charge is 0.224 e. The molecule has 27 heavy (non-hydrogen) atoms. The summed E-state index contributed by atoms with van der Waals surface area (Å²) in [7, 11) is 0. The van der Waals surface area contributed by atoms with E-state index in [1.165, 1.54) is 5.56 Å². The molecule has 1 heterocycles. The number of likely N-dealkylation sites (tertiary alicyclic amines) is 1. The Morgan fingerprint density at radius 3 is 2.59 bits per heavy atom. The Hall–Kier alpha value is -1.84. The highest BCUT2D eigenvalue weighted by Gasteiger charge is 2.30. The first-order valence-corrected chi connectivity index (χ1v) is 10.1. The van der Waals surface area contributed by atoms with Gasteiger partial charge in [0, 0.05) is 23.7 Å². The van der Waals surface area contributed by atoms with E-state index in [1.54, 1.807) is 0 Å². The van der Waals surface area contributed by atoms with Crippen LogP contribution < -0.4 is 5.32 Å². The van der Waals surface area contributed by atoms with E-state index in [2.05, 4.69) is 42.3 Å². The van der Waals surface area contributed by atoms with Gasteiger partial charge >= 0.3 is 0 Å². The molecule has 0 aliphatic carbocycles. The fourth-order valence-corrected chi connectivity index (χ4v) is 4.06. The van der Waals surface area contributed by atoms with Crippen LogP contribution in [0.25, 0.3) is 0 Å². The van der Waals surface area contributed by atoms with Crippen LogP contribution in [0.15, 0.2) is 54.6 Å². The molecule has 144 valence electrons. The highest BCUT2D eigenvalue weighted by molar-refractivity contribution is 6.31. The number of nitrogens with one attached hydrogen (secondary N) is 1. The van der Waals surface area contributed by atoms with Crippen molar-refractivity contribution in [2.45, 2.75) is 45.2 Å². The third-order valence-corrected chi connectivity index (χ3v) is 5.55. The van der Waals surface area contributed by atoms with Gasteiger partial charge in [-0.3, -0.25) is 9.69 Å². The monoisotopic (exact) mass is 384 g/mol. The number of amides is 1. The number of hydrogen-bond donors (Lipinski definition) is 1. The molecule has 2 aromatic rings. The van der Waals surface area contributed by atoms with Gasteiger partial charge in [0.25, 0.3) is 0 Å². The average molecular weight is 385 g/mol. The molecule has 1 amide bonds. The number of halogens is 1. The summed E-state index contributed by atoms with van der Waals surface area (Å²) in [6.45, 7) is 6.81. The van der Waals surface area contributed by atoms with Crippen LogP contribution in [-0.2, 0) is 17.8 Å². The average Bonchev–Trinajstić information content (AvgIpc) is 2.64. The number of hydrogen-bond acceptors (Lipinski definition) is 2. The number of carbonyl (C=O) groups is 1. The van der Waals surface area contributed by atoms with Crippen LogP contribution in [0.5, 0.6) is 0 Å². The summed E-state index contributed by atoms with van der Waals surface area (Å²) in [4.78, 5) is 15.3. The van der Waals surface area contributed by atoms with Gasteiger partial charge in [-0.2, -0.15) is 0 Å². The maximum absolute atomic E-state index is 12.9. The Labute approximate surface area is 167 Å². The van der Waals surface area contributed by atoms with Crippen LogP contribution in [0.4, 0.5) is 0 Å². The minimum atomic E-state index is -0.260. The van der Waals surface area contributed by atoms with Gasteiger partial charge in [0.1, 0.15) is 0 Å². The van der Waals surface area contributed by atoms with Crippen molar-refractivity contribution in [1.29, 1.82) is 0 Å². The number of nitrogens with zero attached hydrogens (tertiary/aromatic N) is 1. The lowest BCUT2D eigenvalue weighted by Gasteiger charge is -2.35. The quantitative estimate of drug-likeness (QED) is 0.783. The molecule has 1 saturated heterocycles. The van der Waals surface area contributed by atoms with Crippen molar-refractivity contribution in [1.82, 2.24) is 10.2 Å². The first-order chi connectivity index (χ1) is 12.9. The molecule has 1 N–H and O–H groups in total. The molecular weight excluding hydrogens is 356 g/mol. The fourth-order valence-electron chi connectivity index (χ4n) is 3.87. The predicted octanol–water partition coefficient (Wildman–Crippen LogP) is 4.69. The second-order valence-corrected chi connectivity index (χ2v) is 8.61. The zero-order chi connectivity index (χ0) is 19.3. The van der Waals surface area contributed by atoms with Crippen LogP contribution in [0.3, 0.4) is 0 Å². The van der Waals surface area contributed by atoms with Crippen LogP contribution in [0.2, 0.25) is 5.02 Å². The maximum Gasteiger partial charge on any atom is 0.224 e. The molecule has 2 aromatic carbocycles. The molecule has 3 nitrogen and oxygen atoms in total. The Balaban J connectivity index is 1.57. The van der Waals surface area contributed by atoms with E-state index in [1.807, 2.05) is 36.4 Å². The summed E-state index contributed by atoms with van der Waals surface area (Å²) in [5.74, 6) is 0.205. The van der Waals surface area contributed by atoms with Crippen LogP contribution in [0.1, 0.15) is 37.8 Å². The van der Waals surface area contributed by atoms with Crippen molar-refractivity contribution in [3.63, 3.8) is 0 Å². The topological polar surface area (TPSA) is 32.3 Å². The van der Waals surface area contributed by atoms with Crippen molar-refractivity contribution in [2.24, 2.45) is 5.92 Å². The lowest BCUT2D eigenvalue weighted by Crippen LogP contribution is -2.50. The standard InChI is InChI=1S/C23H29ClN2O/c1-23(2,15-18-9-4-3-5-10-18)25-22(27)20-12-8-14-26(17-20)16-19-11-6-7-13-21(19)24/h3-7,9-11,13,20H,8,12,14-17H2,1-2H3,(H,25,27)/t20-/m1/s1. The largest absolute Gasteiger partial charge is 0.351 e. The molecule has 1 atom stereocenters. The van der Waals surface area contributed by atoms with Gasteiger partial charge in [-0.25, -0.2) is 0 Å². The molecule has 0 bridgehead atoms. The molecule has 0 aromatic heterocycles. The van der Waals surface area contributed by atoms with Gasteiger partial charge in [0.05, 0.1) is 5.92 Å². The molecule has 1 fully saturated rings. The van der Waals surface area contributed by atoms with E-state index in [-0.39, 0.29) is 17.4 Å². The van der Waals surface area contributed by atoms with Crippen molar-refractivity contribution in [3.8, 4) is 0 Å². The molecular formula is C23H29ClN2O. The van der Waals surface area contributed by atoms with Crippen molar-refractivity contribution in [2.75, 3.05) is 13.1 Å². The zero-order valence-corrected chi connectivity index (χ0v) is 17.0. The summed E-state index contributed by atoms with van der Waals surface area (Å²) < 4.78 is 0. The second-order valence-electron chi connectivity index (χ2n) is 8.20. The Morgan fingerprint density at radius 2 is 1.85 bits per heavy atom. The molecule has 0 spiro atoms. The van der Waals surface area contributed by atoms with Gasteiger partial charge in [-0.05, 0) is 56.8 Å². The fraction of sp³-hybridized carbons (Fsp3) is 0.435. The Kier molecular flexibility index (Phi) is 6.56. The summed E-state index contributed by atoms with van der Waals surface area (Å²) in [6, 6.07) is 18.3. The lowest BCUT2D eigenvalue weighted by atomic mass is 9.91. The predicted molar refractivity (Wildman–Crippen MR) is 112 cm³/mol. The molecule has 0 saturated carbocycles. The second kappa shape index (κ2) is 8.90. The minimum absolute atomic E-state index is 0.0382. The van der Waals surface area contributed by atoms with Crippen molar-refractivity contribution < 1.29 is 4.79 Å². The van der Waals surface area contributed by atoms with Crippen LogP contribution in [-0.4, -0.2) is 29.4 Å². The molecule has 4 heteroatoms. The zero-order valence-electron chi connectivity index (χ0n) is 16.2. The summed E-state index contributed by atoms with van der Waals surface area (Å²) in [5.41, 5.74) is 2.11.